The molecule has 0 fully saturated rings. The van der Waals surface area contributed by atoms with Crippen molar-refractivity contribution >= 4 is 37.3 Å². The molecule has 0 bridgehead atoms. The molecule has 1 aromatic carbocycles. The number of amides is 1. The van der Waals surface area contributed by atoms with Gasteiger partial charge < -0.3 is 5.11 Å². The minimum absolute atomic E-state index is 0.0124. The standard InChI is InChI=1S/C18H18N2O5S2/c1-18(17(22)20-23,27(2,24)25)10-9-16-19-14-8-7-13(12-15(14)26-16)6-4-3-5-11-21/h7-8,12,21,23H,9-11H2,1-2H3,(H,20,22)/t18-/m1/s1. The van der Waals surface area contributed by atoms with Crippen molar-refractivity contribution in [1.82, 2.24) is 10.5 Å². The van der Waals surface area contributed by atoms with Crippen molar-refractivity contribution in [2.75, 3.05) is 12.9 Å². The van der Waals surface area contributed by atoms with Crippen molar-refractivity contribution in [3.05, 3.63) is 28.8 Å². The van der Waals surface area contributed by atoms with E-state index in [4.69, 9.17) is 10.3 Å². The zero-order valence-corrected chi connectivity index (χ0v) is 16.4. The minimum atomic E-state index is -3.74. The highest BCUT2D eigenvalue weighted by atomic mass is 32.2. The summed E-state index contributed by atoms with van der Waals surface area (Å²) < 4.78 is 23.1. The molecule has 2 rings (SSSR count). The van der Waals surface area contributed by atoms with Gasteiger partial charge in [-0.3, -0.25) is 10.0 Å². The number of rotatable bonds is 5. The molecule has 7 nitrogen and oxygen atoms in total. The average Bonchev–Trinajstić information content (AvgIpc) is 3.03. The van der Waals surface area contributed by atoms with Gasteiger partial charge in [-0.05, 0) is 43.4 Å². The van der Waals surface area contributed by atoms with Crippen molar-refractivity contribution in [2.45, 2.75) is 24.5 Å². The van der Waals surface area contributed by atoms with E-state index in [1.54, 1.807) is 12.1 Å². The molecule has 27 heavy (non-hydrogen) atoms. The average molecular weight is 406 g/mol. The number of carbonyl (C=O) groups is 1. The topological polar surface area (TPSA) is 117 Å². The Morgan fingerprint density at radius 3 is 2.74 bits per heavy atom. The lowest BCUT2D eigenvalue weighted by Crippen LogP contribution is -2.49. The molecule has 0 aliphatic carbocycles. The number of benzene rings is 1. The van der Waals surface area contributed by atoms with Gasteiger partial charge in [0, 0.05) is 18.2 Å². The molecule has 9 heteroatoms. The van der Waals surface area contributed by atoms with Crippen LogP contribution in [-0.4, -0.2) is 47.2 Å². The molecule has 0 spiro atoms. The van der Waals surface area contributed by atoms with E-state index in [2.05, 4.69) is 28.7 Å². The molecule has 1 heterocycles. The van der Waals surface area contributed by atoms with Crippen LogP contribution in [0.1, 0.15) is 23.9 Å². The molecular formula is C18H18N2O5S2. The van der Waals surface area contributed by atoms with Crippen LogP contribution in [0.4, 0.5) is 0 Å². The van der Waals surface area contributed by atoms with Crippen LogP contribution in [0.3, 0.4) is 0 Å². The fourth-order valence-electron chi connectivity index (χ4n) is 2.28. The van der Waals surface area contributed by atoms with E-state index in [-0.39, 0.29) is 19.4 Å². The Kier molecular flexibility index (Phi) is 6.58. The van der Waals surface area contributed by atoms with Crippen molar-refractivity contribution in [3.8, 4) is 23.7 Å². The highest BCUT2D eigenvalue weighted by Gasteiger charge is 2.43. The number of nitrogens with one attached hydrogen (secondary N) is 1. The molecule has 0 radical (unpaired) electrons. The molecule has 1 amide bonds. The molecule has 142 valence electrons. The fraction of sp³-hybridized carbons (Fsp3) is 0.333. The maximum atomic E-state index is 12.0. The quantitative estimate of drug-likeness (QED) is 0.386. The van der Waals surface area contributed by atoms with Crippen LogP contribution in [-0.2, 0) is 21.1 Å². The molecule has 1 atom stereocenters. The lowest BCUT2D eigenvalue weighted by Gasteiger charge is -2.24. The second kappa shape index (κ2) is 8.51. The van der Waals surface area contributed by atoms with E-state index in [1.165, 1.54) is 23.7 Å². The Labute approximate surface area is 161 Å². The molecule has 0 saturated heterocycles. The first kappa shape index (κ1) is 20.9. The zero-order valence-electron chi connectivity index (χ0n) is 14.7. The van der Waals surface area contributed by atoms with Crippen molar-refractivity contribution in [3.63, 3.8) is 0 Å². The Morgan fingerprint density at radius 2 is 2.11 bits per heavy atom. The lowest BCUT2D eigenvalue weighted by molar-refractivity contribution is -0.131. The third-order valence-corrected chi connectivity index (χ3v) is 7.19. The van der Waals surface area contributed by atoms with Crippen LogP contribution in [0.5, 0.6) is 0 Å². The predicted octanol–water partition coefficient (Wildman–Crippen LogP) is 0.885. The fourth-order valence-corrected chi connectivity index (χ4v) is 4.14. The molecule has 0 aliphatic rings. The van der Waals surface area contributed by atoms with Gasteiger partial charge in [-0.25, -0.2) is 18.9 Å². The Bertz CT molecular complexity index is 1080. The zero-order chi connectivity index (χ0) is 20.1. The number of sulfone groups is 1. The van der Waals surface area contributed by atoms with Crippen LogP contribution in [0, 0.1) is 23.7 Å². The summed E-state index contributed by atoms with van der Waals surface area (Å²) in [5.74, 6) is 9.49. The van der Waals surface area contributed by atoms with Crippen LogP contribution in [0.15, 0.2) is 18.2 Å². The van der Waals surface area contributed by atoms with Crippen molar-refractivity contribution in [1.29, 1.82) is 0 Å². The minimum Gasteiger partial charge on any atom is -0.384 e. The molecule has 0 saturated carbocycles. The number of thiazole rings is 1. The summed E-state index contributed by atoms with van der Waals surface area (Å²) in [6, 6.07) is 5.44. The third-order valence-electron chi connectivity index (χ3n) is 4.09. The van der Waals surface area contributed by atoms with E-state index in [1.807, 2.05) is 6.07 Å². The van der Waals surface area contributed by atoms with E-state index < -0.39 is 20.5 Å². The number of aliphatic hydroxyl groups excluding tert-OH is 1. The van der Waals surface area contributed by atoms with Gasteiger partial charge in [-0.15, -0.1) is 11.3 Å². The maximum absolute atomic E-state index is 12.0. The molecular weight excluding hydrogens is 388 g/mol. The number of hydroxylamine groups is 1. The van der Waals surface area contributed by atoms with Crippen LogP contribution < -0.4 is 5.48 Å². The van der Waals surface area contributed by atoms with Crippen LogP contribution in [0.25, 0.3) is 10.2 Å². The summed E-state index contributed by atoms with van der Waals surface area (Å²) in [5.41, 5.74) is 2.92. The highest BCUT2D eigenvalue weighted by molar-refractivity contribution is 7.92. The number of aryl methyl sites for hydroxylation is 1. The number of fused-ring (bicyclic) bond motifs is 1. The summed E-state index contributed by atoms with van der Waals surface area (Å²) in [6.45, 7) is 1.04. The van der Waals surface area contributed by atoms with Gasteiger partial charge in [0.25, 0.3) is 5.91 Å². The van der Waals surface area contributed by atoms with Crippen LogP contribution >= 0.6 is 11.3 Å². The number of nitrogens with zero attached hydrogens (tertiary/aromatic N) is 1. The maximum Gasteiger partial charge on any atom is 0.264 e. The lowest BCUT2D eigenvalue weighted by atomic mass is 10.0. The van der Waals surface area contributed by atoms with Gasteiger partial charge >= 0.3 is 0 Å². The Hall–Kier alpha value is -2.43. The third kappa shape index (κ3) is 4.85. The number of aliphatic hydroxyl groups is 1. The summed E-state index contributed by atoms with van der Waals surface area (Å²) in [6.07, 6.45) is 1.21. The normalized spacial score (nSPS) is 13.0. The summed E-state index contributed by atoms with van der Waals surface area (Å²) in [4.78, 5) is 16.3. The highest BCUT2D eigenvalue weighted by Crippen LogP contribution is 2.28. The molecule has 0 aliphatic heterocycles. The van der Waals surface area contributed by atoms with Gasteiger partial charge in [-0.2, -0.15) is 0 Å². The number of carbonyl (C=O) groups excluding carboxylic acids is 1. The summed E-state index contributed by atoms with van der Waals surface area (Å²) in [5, 5.41) is 18.1. The van der Waals surface area contributed by atoms with Gasteiger partial charge in [-0.1, -0.05) is 11.8 Å². The second-order valence-electron chi connectivity index (χ2n) is 5.94. The summed E-state index contributed by atoms with van der Waals surface area (Å²) in [7, 11) is -3.74. The number of hydrogen-bond donors (Lipinski definition) is 3. The predicted molar refractivity (Wildman–Crippen MR) is 103 cm³/mol. The van der Waals surface area contributed by atoms with Crippen molar-refractivity contribution < 1.29 is 23.5 Å². The van der Waals surface area contributed by atoms with Gasteiger partial charge in [0.15, 0.2) is 9.84 Å². The first-order valence-electron chi connectivity index (χ1n) is 7.84. The van der Waals surface area contributed by atoms with Gasteiger partial charge in [0.05, 0.1) is 15.2 Å². The molecule has 2 aromatic rings. The van der Waals surface area contributed by atoms with Crippen LogP contribution in [0.2, 0.25) is 0 Å². The largest absolute Gasteiger partial charge is 0.384 e. The molecule has 1 aromatic heterocycles. The SMILES string of the molecule is C[C@@](CCc1nc2ccc(C#CC#CCO)cc2s1)(C(=O)NO)S(C)(=O)=O. The number of hydrogen-bond acceptors (Lipinski definition) is 7. The monoisotopic (exact) mass is 406 g/mol. The smallest absolute Gasteiger partial charge is 0.264 e. The molecule has 0 unspecified atom stereocenters. The van der Waals surface area contributed by atoms with Gasteiger partial charge in [0.2, 0.25) is 0 Å². The molecule has 3 N–H and O–H groups in total. The first-order chi connectivity index (χ1) is 12.7. The first-order valence-corrected chi connectivity index (χ1v) is 10.6. The number of aromatic nitrogens is 1. The second-order valence-corrected chi connectivity index (χ2v) is 9.50. The van der Waals surface area contributed by atoms with E-state index in [0.717, 1.165) is 22.0 Å². The Balaban J connectivity index is 2.24. The van der Waals surface area contributed by atoms with E-state index >= 15 is 0 Å². The van der Waals surface area contributed by atoms with E-state index in [0.29, 0.717) is 5.01 Å². The van der Waals surface area contributed by atoms with E-state index in [9.17, 15) is 13.2 Å². The summed E-state index contributed by atoms with van der Waals surface area (Å²) >= 11 is 1.38. The van der Waals surface area contributed by atoms with Gasteiger partial charge in [0.1, 0.15) is 11.4 Å². The van der Waals surface area contributed by atoms with Crippen molar-refractivity contribution in [2.24, 2.45) is 0 Å². The Morgan fingerprint density at radius 1 is 1.37 bits per heavy atom.